The fourth-order valence-electron chi connectivity index (χ4n) is 2.17. The van der Waals surface area contributed by atoms with Crippen LogP contribution in [0.4, 0.5) is 5.13 Å². The van der Waals surface area contributed by atoms with Gasteiger partial charge in [-0.2, -0.15) is 0 Å². The Morgan fingerprint density at radius 1 is 1.56 bits per heavy atom. The van der Waals surface area contributed by atoms with Gasteiger partial charge in [0.1, 0.15) is 0 Å². The molecular weight excluding hydrogens is 268 g/mol. The quantitative estimate of drug-likeness (QED) is 0.640. The molecule has 1 fully saturated rings. The standard InChI is InChI=1S/C11H18N4OS2/c1-2-17-11-15-14-10(18-11)13-9(16)6-7-4-3-5-8(7)12/h7-8H,2-6,12H2,1H3,(H,13,14,16)/t7-,8+/m0/s1. The molecule has 0 radical (unpaired) electrons. The Morgan fingerprint density at radius 3 is 3.06 bits per heavy atom. The zero-order valence-electron chi connectivity index (χ0n) is 10.4. The SMILES string of the molecule is CCSc1nnc(NC(=O)C[C@@H]2CCC[C@H]2N)s1. The number of hydrogen-bond acceptors (Lipinski definition) is 6. The van der Waals surface area contributed by atoms with Crippen molar-refractivity contribution in [1.29, 1.82) is 0 Å². The number of rotatable bonds is 5. The Bertz CT molecular complexity index is 410. The first kappa shape index (κ1) is 13.8. The minimum Gasteiger partial charge on any atom is -0.327 e. The van der Waals surface area contributed by atoms with Gasteiger partial charge < -0.3 is 11.1 Å². The first-order chi connectivity index (χ1) is 8.69. The van der Waals surface area contributed by atoms with Crippen LogP contribution >= 0.6 is 23.1 Å². The highest BCUT2D eigenvalue weighted by Crippen LogP contribution is 2.28. The maximum Gasteiger partial charge on any atom is 0.226 e. The van der Waals surface area contributed by atoms with E-state index in [1.807, 2.05) is 0 Å². The number of nitrogens with one attached hydrogen (secondary N) is 1. The van der Waals surface area contributed by atoms with E-state index in [1.54, 1.807) is 11.8 Å². The number of anilines is 1. The van der Waals surface area contributed by atoms with Gasteiger partial charge >= 0.3 is 0 Å². The smallest absolute Gasteiger partial charge is 0.226 e. The van der Waals surface area contributed by atoms with Crippen molar-refractivity contribution in [3.05, 3.63) is 0 Å². The van der Waals surface area contributed by atoms with Gasteiger partial charge in [-0.1, -0.05) is 36.4 Å². The average molecular weight is 286 g/mol. The van der Waals surface area contributed by atoms with Gasteiger partial charge in [-0.25, -0.2) is 0 Å². The molecule has 0 unspecified atom stereocenters. The number of aromatic nitrogens is 2. The largest absolute Gasteiger partial charge is 0.327 e. The summed E-state index contributed by atoms with van der Waals surface area (Å²) < 4.78 is 0.894. The lowest BCUT2D eigenvalue weighted by Gasteiger charge is -2.13. The molecule has 1 aliphatic rings. The topological polar surface area (TPSA) is 80.9 Å². The highest BCUT2D eigenvalue weighted by molar-refractivity contribution is 8.01. The van der Waals surface area contributed by atoms with E-state index in [0.29, 0.717) is 17.5 Å². The molecule has 1 aliphatic carbocycles. The zero-order chi connectivity index (χ0) is 13.0. The summed E-state index contributed by atoms with van der Waals surface area (Å²) in [4.78, 5) is 11.8. The summed E-state index contributed by atoms with van der Waals surface area (Å²) in [5, 5.41) is 11.3. The summed E-state index contributed by atoms with van der Waals surface area (Å²) in [6, 6.07) is 0.177. The molecule has 0 aromatic carbocycles. The van der Waals surface area contributed by atoms with Crippen LogP contribution < -0.4 is 11.1 Å². The maximum absolute atomic E-state index is 11.8. The van der Waals surface area contributed by atoms with E-state index in [-0.39, 0.29) is 11.9 Å². The highest BCUT2D eigenvalue weighted by atomic mass is 32.2. The number of carbonyl (C=O) groups excluding carboxylic acids is 1. The van der Waals surface area contributed by atoms with Crippen LogP contribution in [0, 0.1) is 5.92 Å². The normalized spacial score (nSPS) is 23.2. The van der Waals surface area contributed by atoms with Crippen LogP contribution in [0.1, 0.15) is 32.6 Å². The van der Waals surface area contributed by atoms with Crippen molar-refractivity contribution in [2.75, 3.05) is 11.1 Å². The Hall–Kier alpha value is -0.660. The van der Waals surface area contributed by atoms with Gasteiger partial charge in [0.25, 0.3) is 0 Å². The number of nitrogens with two attached hydrogens (primary N) is 1. The van der Waals surface area contributed by atoms with Crippen LogP contribution in [0.3, 0.4) is 0 Å². The van der Waals surface area contributed by atoms with Crippen molar-refractivity contribution >= 4 is 34.1 Å². The summed E-state index contributed by atoms with van der Waals surface area (Å²) in [6.45, 7) is 2.06. The predicted molar refractivity (Wildman–Crippen MR) is 74.9 cm³/mol. The van der Waals surface area contributed by atoms with Crippen LogP contribution in [0.15, 0.2) is 4.34 Å². The molecule has 0 saturated heterocycles. The summed E-state index contributed by atoms with van der Waals surface area (Å²) in [5.74, 6) is 1.28. The molecule has 2 atom stereocenters. The lowest BCUT2D eigenvalue weighted by Crippen LogP contribution is -2.28. The van der Waals surface area contributed by atoms with Gasteiger partial charge in [-0.3, -0.25) is 4.79 Å². The molecule has 3 N–H and O–H groups in total. The average Bonchev–Trinajstić information content (AvgIpc) is 2.90. The molecule has 5 nitrogen and oxygen atoms in total. The van der Waals surface area contributed by atoms with E-state index < -0.39 is 0 Å². The molecule has 1 aromatic heterocycles. The van der Waals surface area contributed by atoms with Crippen LogP contribution in [0.2, 0.25) is 0 Å². The van der Waals surface area contributed by atoms with Gasteiger partial charge in [-0.05, 0) is 24.5 Å². The first-order valence-electron chi connectivity index (χ1n) is 6.20. The second kappa shape index (κ2) is 6.49. The van der Waals surface area contributed by atoms with Crippen molar-refractivity contribution in [2.24, 2.45) is 11.7 Å². The van der Waals surface area contributed by atoms with E-state index in [0.717, 1.165) is 29.4 Å². The molecule has 0 spiro atoms. The predicted octanol–water partition coefficient (Wildman–Crippen LogP) is 2.11. The first-order valence-corrected chi connectivity index (χ1v) is 8.01. The number of nitrogens with zero attached hydrogens (tertiary/aromatic N) is 2. The van der Waals surface area contributed by atoms with Gasteiger partial charge in [0.05, 0.1) is 0 Å². The number of hydrogen-bond donors (Lipinski definition) is 2. The van der Waals surface area contributed by atoms with E-state index in [1.165, 1.54) is 11.3 Å². The van der Waals surface area contributed by atoms with E-state index >= 15 is 0 Å². The minimum absolute atomic E-state index is 0.00143. The van der Waals surface area contributed by atoms with Gasteiger partial charge in [0.15, 0.2) is 4.34 Å². The van der Waals surface area contributed by atoms with Crippen LogP contribution in [-0.4, -0.2) is 27.9 Å². The summed E-state index contributed by atoms with van der Waals surface area (Å²) in [7, 11) is 0. The second-order valence-corrected chi connectivity index (χ2v) is 6.90. The molecule has 100 valence electrons. The number of amides is 1. The molecule has 0 aliphatic heterocycles. The van der Waals surface area contributed by atoms with Gasteiger partial charge in [0.2, 0.25) is 11.0 Å². The van der Waals surface area contributed by atoms with E-state index in [2.05, 4.69) is 22.4 Å². The molecule has 1 amide bonds. The second-order valence-electron chi connectivity index (χ2n) is 4.41. The molecular formula is C11H18N4OS2. The Labute approximate surface area is 115 Å². The van der Waals surface area contributed by atoms with E-state index in [9.17, 15) is 4.79 Å². The fourth-order valence-corrected chi connectivity index (χ4v) is 3.83. The Balaban J connectivity index is 1.82. The van der Waals surface area contributed by atoms with Crippen molar-refractivity contribution in [1.82, 2.24) is 10.2 Å². The number of thioether (sulfide) groups is 1. The summed E-state index contributed by atoms with van der Waals surface area (Å²) in [6.07, 6.45) is 3.72. The third-order valence-corrected chi connectivity index (χ3v) is 4.94. The van der Waals surface area contributed by atoms with Crippen LogP contribution in [0.5, 0.6) is 0 Å². The van der Waals surface area contributed by atoms with E-state index in [4.69, 9.17) is 5.73 Å². The highest BCUT2D eigenvalue weighted by Gasteiger charge is 2.26. The monoisotopic (exact) mass is 286 g/mol. The van der Waals surface area contributed by atoms with Crippen molar-refractivity contribution in [3.63, 3.8) is 0 Å². The minimum atomic E-state index is 0.00143. The molecule has 1 heterocycles. The Kier molecular flexibility index (Phi) is 4.96. The molecule has 2 rings (SSSR count). The van der Waals surface area contributed by atoms with Gasteiger partial charge in [-0.15, -0.1) is 10.2 Å². The fraction of sp³-hybridized carbons (Fsp3) is 0.727. The Morgan fingerprint density at radius 2 is 2.39 bits per heavy atom. The maximum atomic E-state index is 11.8. The molecule has 1 aromatic rings. The number of carbonyl (C=O) groups is 1. The molecule has 7 heteroatoms. The van der Waals surface area contributed by atoms with Crippen molar-refractivity contribution in [3.8, 4) is 0 Å². The lowest BCUT2D eigenvalue weighted by atomic mass is 10.00. The molecule has 0 bridgehead atoms. The van der Waals surface area contributed by atoms with Gasteiger partial charge in [0, 0.05) is 12.5 Å². The van der Waals surface area contributed by atoms with Crippen molar-refractivity contribution < 1.29 is 4.79 Å². The molecule has 18 heavy (non-hydrogen) atoms. The summed E-state index contributed by atoms with van der Waals surface area (Å²) >= 11 is 3.05. The summed E-state index contributed by atoms with van der Waals surface area (Å²) in [5.41, 5.74) is 5.96. The van der Waals surface area contributed by atoms with Crippen LogP contribution in [0.25, 0.3) is 0 Å². The lowest BCUT2D eigenvalue weighted by molar-refractivity contribution is -0.117. The third kappa shape index (κ3) is 3.66. The zero-order valence-corrected chi connectivity index (χ0v) is 12.0. The molecule has 1 saturated carbocycles. The van der Waals surface area contributed by atoms with Crippen molar-refractivity contribution in [2.45, 2.75) is 43.0 Å². The van der Waals surface area contributed by atoms with Crippen LogP contribution in [-0.2, 0) is 4.79 Å². The third-order valence-electron chi connectivity index (χ3n) is 3.09.